The van der Waals surface area contributed by atoms with Gasteiger partial charge in [0.05, 0.1) is 19.1 Å². The van der Waals surface area contributed by atoms with Crippen molar-refractivity contribution in [1.29, 1.82) is 0 Å². The highest BCUT2D eigenvalue weighted by atomic mass is 32.1. The summed E-state index contributed by atoms with van der Waals surface area (Å²) in [6, 6.07) is 9.62. The number of hydrogen-bond acceptors (Lipinski definition) is 15. The van der Waals surface area contributed by atoms with Crippen LogP contribution in [0.1, 0.15) is 101 Å². The van der Waals surface area contributed by atoms with Crippen molar-refractivity contribution in [2.75, 3.05) is 57.7 Å². The number of carbonyl (C=O) groups is 11. The van der Waals surface area contributed by atoms with Crippen LogP contribution >= 0.6 is 12.2 Å². The summed E-state index contributed by atoms with van der Waals surface area (Å²) < 4.78 is 0. The molecule has 0 saturated carbocycles. The molecule has 0 bridgehead atoms. The number of hydrogen-bond donors (Lipinski definition) is 14. The number of amides is 5. The average Bonchev–Trinajstić information content (AvgIpc) is 3.80. The van der Waals surface area contributed by atoms with Crippen molar-refractivity contribution in [3.63, 3.8) is 0 Å². The molecular weight excluding hydrogens is 1110 g/mol. The molecule has 0 aromatic heterocycles. The Morgan fingerprint density at radius 1 is 0.542 bits per heavy atom. The number of nitrogens with zero attached hydrogens (tertiary/aromatic N) is 3. The van der Waals surface area contributed by atoms with Gasteiger partial charge in [0.15, 0.2) is 5.11 Å². The molecule has 0 saturated heterocycles. The molecule has 3 rings (SSSR count). The second-order valence-electron chi connectivity index (χ2n) is 19.8. The third-order valence-electron chi connectivity index (χ3n) is 13.0. The highest BCUT2D eigenvalue weighted by Crippen LogP contribution is 2.16. The van der Waals surface area contributed by atoms with Crippen LogP contribution in [0.3, 0.4) is 0 Å². The molecule has 29 heteroatoms. The van der Waals surface area contributed by atoms with Crippen molar-refractivity contribution < 1.29 is 88.5 Å². The Morgan fingerprint density at radius 2 is 1.08 bits per heavy atom. The molecule has 1 aliphatic heterocycles. The first kappa shape index (κ1) is 69.0. The number of urea groups is 1. The van der Waals surface area contributed by atoms with Gasteiger partial charge >= 0.3 is 47.8 Å². The highest BCUT2D eigenvalue weighted by molar-refractivity contribution is 7.80. The summed E-state index contributed by atoms with van der Waals surface area (Å²) in [6.07, 6.45) is 3.60. The number of benzene rings is 2. The summed E-state index contributed by atoms with van der Waals surface area (Å²) in [7, 11) is 0. The second kappa shape index (κ2) is 37.7. The van der Waals surface area contributed by atoms with Crippen molar-refractivity contribution in [2.45, 2.75) is 133 Å². The quantitative estimate of drug-likeness (QED) is 0.0333. The van der Waals surface area contributed by atoms with Gasteiger partial charge in [-0.15, -0.1) is 0 Å². The zero-order chi connectivity index (χ0) is 61.3. The maximum atomic E-state index is 13.6. The van der Waals surface area contributed by atoms with Crippen LogP contribution < -0.4 is 37.2 Å². The van der Waals surface area contributed by atoms with E-state index in [-0.39, 0.29) is 107 Å². The van der Waals surface area contributed by atoms with Crippen LogP contribution in [0.4, 0.5) is 10.5 Å². The van der Waals surface area contributed by atoms with Gasteiger partial charge in [0, 0.05) is 70.6 Å². The summed E-state index contributed by atoms with van der Waals surface area (Å²) >= 11 is 5.61. The van der Waals surface area contributed by atoms with E-state index in [0.29, 0.717) is 57.1 Å². The Hall–Kier alpha value is -8.31. The monoisotopic (exact) mass is 1180 g/mol. The summed E-state index contributed by atoms with van der Waals surface area (Å²) in [4.78, 5) is 139. The third kappa shape index (κ3) is 29.8. The molecule has 0 spiro atoms. The first-order valence-corrected chi connectivity index (χ1v) is 27.6. The molecular formula is C54H76N10O18S. The molecule has 14 N–H and O–H groups in total. The molecule has 2 aromatic rings. The minimum absolute atomic E-state index is 0.0198. The van der Waals surface area contributed by atoms with E-state index in [0.717, 1.165) is 11.1 Å². The van der Waals surface area contributed by atoms with Gasteiger partial charge in [-0.1, -0.05) is 55.3 Å². The van der Waals surface area contributed by atoms with Gasteiger partial charge in [0.1, 0.15) is 29.9 Å². The summed E-state index contributed by atoms with van der Waals surface area (Å²) in [6.45, 7) is -0.187. The smallest absolute Gasteiger partial charge is 0.351 e. The average molecular weight is 1190 g/mol. The van der Waals surface area contributed by atoms with Crippen molar-refractivity contribution in [1.82, 2.24) is 41.7 Å². The zero-order valence-corrected chi connectivity index (χ0v) is 46.7. The van der Waals surface area contributed by atoms with Crippen LogP contribution in [-0.4, -0.2) is 204 Å². The number of carbonyl (C=O) groups excluding carboxylic acids is 4. The predicted octanol–water partition coefficient (Wildman–Crippen LogP) is 1.36. The van der Waals surface area contributed by atoms with E-state index in [2.05, 4.69) is 42.2 Å². The summed E-state index contributed by atoms with van der Waals surface area (Å²) in [5.74, 6) is -9.91. The second-order valence-corrected chi connectivity index (χ2v) is 20.3. The van der Waals surface area contributed by atoms with Gasteiger partial charge in [-0.3, -0.25) is 43.6 Å². The standard InChI is InChI=1S/C54H76N10O18S/c65-43(55-24-10-8-15-39(50(76)77)60-53(82)61-40(51(78)79)22-23-45(67)68)16-6-1-2-7-17-44(66)59-38(49(74)75)14-9-11-25-56-48(73)41(29-34-12-4-3-5-13-34)62-54(83)58-36-20-18-35(19-21-36)28-37-30-63(32-46(69)70)26-27-64(33-47(71)72)31-42(57-37)52(80)81/h3-5,12-13,18-21,37-41H,1-2,6-11,14-17,22-33H2,(H,55,65)(H,56,73)(H,59,66)(H,67,68)(H,69,70)(H,71,72)(H,74,75)(H,76,77)(H,78,79)(H,80,81)(H2,58,62,83)(H2,60,61,82)/t37?,38?,39-,40-,41?/m0/s1. The van der Waals surface area contributed by atoms with Crippen molar-refractivity contribution in [3.05, 3.63) is 65.7 Å². The van der Waals surface area contributed by atoms with Crippen LogP contribution in [0.25, 0.3) is 0 Å². The van der Waals surface area contributed by atoms with Crippen LogP contribution in [-0.2, 0) is 60.8 Å². The zero-order valence-electron chi connectivity index (χ0n) is 45.9. The molecule has 2 aromatic carbocycles. The maximum absolute atomic E-state index is 13.6. The summed E-state index contributed by atoms with van der Waals surface area (Å²) in [5.41, 5.74) is 1.91. The van der Waals surface area contributed by atoms with Crippen molar-refractivity contribution in [2.24, 2.45) is 4.99 Å². The number of carboxylic acids is 7. The minimum Gasteiger partial charge on any atom is -0.481 e. The van der Waals surface area contributed by atoms with Crippen molar-refractivity contribution in [3.8, 4) is 0 Å². The lowest BCUT2D eigenvalue weighted by Gasteiger charge is -2.25. The van der Waals surface area contributed by atoms with Gasteiger partial charge in [-0.25, -0.2) is 24.0 Å². The number of carboxylic acid groups (broad SMARTS) is 7. The lowest BCUT2D eigenvalue weighted by Crippen LogP contribution is -2.51. The number of aliphatic imine (C=N–C) groups is 1. The fraction of sp³-hybridized carbons (Fsp3) is 0.537. The van der Waals surface area contributed by atoms with Crippen LogP contribution in [0, 0.1) is 0 Å². The fourth-order valence-electron chi connectivity index (χ4n) is 8.73. The maximum Gasteiger partial charge on any atom is 0.351 e. The largest absolute Gasteiger partial charge is 0.481 e. The number of unbranched alkanes of at least 4 members (excludes halogenated alkanes) is 5. The van der Waals surface area contributed by atoms with E-state index in [1.807, 2.05) is 30.3 Å². The molecule has 0 radical (unpaired) electrons. The molecule has 1 aliphatic rings. The fourth-order valence-corrected chi connectivity index (χ4v) is 8.99. The molecule has 5 amide bonds. The number of anilines is 1. The van der Waals surface area contributed by atoms with Gasteiger partial charge in [-0.05, 0) is 99.7 Å². The Bertz CT molecular complexity index is 2560. The molecule has 28 nitrogen and oxygen atoms in total. The normalized spacial score (nSPS) is 15.1. The number of thiocarbonyl (C=S) groups is 1. The molecule has 3 unspecified atom stereocenters. The van der Waals surface area contributed by atoms with E-state index in [1.165, 1.54) is 4.90 Å². The van der Waals surface area contributed by atoms with Crippen LogP contribution in [0.5, 0.6) is 0 Å². The first-order valence-electron chi connectivity index (χ1n) is 27.2. The van der Waals surface area contributed by atoms with Crippen molar-refractivity contribution >= 4 is 94.3 Å². The lowest BCUT2D eigenvalue weighted by molar-refractivity contribution is -0.142. The first-order chi connectivity index (χ1) is 39.5. The molecule has 456 valence electrons. The molecule has 5 atom stereocenters. The van der Waals surface area contributed by atoms with Gasteiger partial charge in [0.2, 0.25) is 17.7 Å². The minimum atomic E-state index is -1.53. The molecule has 0 fully saturated rings. The van der Waals surface area contributed by atoms with Gasteiger partial charge in [-0.2, -0.15) is 0 Å². The predicted molar refractivity (Wildman–Crippen MR) is 303 cm³/mol. The molecule has 0 aliphatic carbocycles. The Morgan fingerprint density at radius 3 is 1.65 bits per heavy atom. The van der Waals surface area contributed by atoms with Gasteiger partial charge in [0.25, 0.3) is 0 Å². The van der Waals surface area contributed by atoms with E-state index in [9.17, 15) is 83.4 Å². The number of aliphatic carboxylic acids is 7. The van der Waals surface area contributed by atoms with Crippen LogP contribution in [0.2, 0.25) is 0 Å². The van der Waals surface area contributed by atoms with E-state index < -0.39 is 103 Å². The molecule has 83 heavy (non-hydrogen) atoms. The third-order valence-corrected chi connectivity index (χ3v) is 13.2. The SMILES string of the molecule is O=C(O)CC[C@H](NC(=O)N[C@@H](CCCCNC(=O)CCCCCCC(=O)NC(CCCCNC(=O)C(Cc1ccccc1)NC(=S)Nc1ccc(CC2CN(CC(=O)O)CCN(CC(=O)O)CC(C(=O)O)=N2)cc1)C(=O)O)C(=O)O)C(=O)O. The van der Waals surface area contributed by atoms with E-state index in [1.54, 1.807) is 29.2 Å². The molecule has 1 heterocycles. The van der Waals surface area contributed by atoms with E-state index >= 15 is 0 Å². The van der Waals surface area contributed by atoms with Gasteiger partial charge < -0.3 is 73.0 Å². The number of nitrogens with one attached hydrogen (secondary N) is 7. The highest BCUT2D eigenvalue weighted by Gasteiger charge is 2.28. The van der Waals surface area contributed by atoms with E-state index in [4.69, 9.17) is 17.3 Å². The summed E-state index contributed by atoms with van der Waals surface area (Å²) in [5, 5.41) is 84.7. The Balaban J connectivity index is 1.39. The van der Waals surface area contributed by atoms with Crippen LogP contribution in [0.15, 0.2) is 59.6 Å². The Labute approximate surface area is 484 Å². The number of rotatable bonds is 38. The lowest BCUT2D eigenvalue weighted by atomic mass is 10.0. The topological polar surface area (TPSA) is 432 Å². The Kier molecular flexibility index (Phi) is 31.3.